The molecule has 11 heavy (non-hydrogen) atoms. The van der Waals surface area contributed by atoms with Gasteiger partial charge in [0.2, 0.25) is 0 Å². The first-order valence-electron chi connectivity index (χ1n) is 3.18. The number of fused-ring (bicyclic) bond motifs is 1. The minimum Gasteiger partial charge on any atom is -0.390 e. The first kappa shape index (κ1) is 6.23. The Labute approximate surface area is 62.3 Å². The number of pyridine rings is 1. The van der Waals surface area contributed by atoms with Gasteiger partial charge in [-0.1, -0.05) is 6.07 Å². The molecule has 0 unspecified atom stereocenters. The van der Waals surface area contributed by atoms with Crippen LogP contribution < -0.4 is 0 Å². The van der Waals surface area contributed by atoms with Crippen LogP contribution in [0.15, 0.2) is 18.2 Å². The Balaban J connectivity index is 2.79. The number of nitrogens with zero attached hydrogens (tertiary/aromatic N) is 4. The summed E-state index contributed by atoms with van der Waals surface area (Å²) in [6.45, 7) is -0.0532. The van der Waals surface area contributed by atoms with E-state index >= 15 is 0 Å². The average molecular weight is 150 g/mol. The lowest BCUT2D eigenvalue weighted by atomic mass is 10.4. The second-order valence-corrected chi connectivity index (χ2v) is 2.12. The molecule has 0 aliphatic rings. The summed E-state index contributed by atoms with van der Waals surface area (Å²) >= 11 is 0. The zero-order chi connectivity index (χ0) is 7.68. The van der Waals surface area contributed by atoms with E-state index in [1.807, 2.05) is 0 Å². The molecule has 0 bridgehead atoms. The van der Waals surface area contributed by atoms with E-state index in [1.165, 1.54) is 4.52 Å². The molecule has 2 aromatic rings. The van der Waals surface area contributed by atoms with Gasteiger partial charge < -0.3 is 5.11 Å². The molecular formula is C6H6N4O. The number of rotatable bonds is 1. The fourth-order valence-electron chi connectivity index (χ4n) is 0.938. The van der Waals surface area contributed by atoms with Crippen LogP contribution in [0.4, 0.5) is 0 Å². The third kappa shape index (κ3) is 0.857. The topological polar surface area (TPSA) is 63.3 Å². The molecular weight excluding hydrogens is 144 g/mol. The number of tetrazole rings is 1. The van der Waals surface area contributed by atoms with E-state index in [2.05, 4.69) is 15.5 Å². The smallest absolute Gasteiger partial charge is 0.179 e. The van der Waals surface area contributed by atoms with Crippen LogP contribution in [-0.2, 0) is 6.61 Å². The summed E-state index contributed by atoms with van der Waals surface area (Å²) < 4.78 is 1.50. The fourth-order valence-corrected chi connectivity index (χ4v) is 0.938. The van der Waals surface area contributed by atoms with E-state index < -0.39 is 0 Å². The molecule has 56 valence electrons. The molecule has 1 N–H and O–H groups in total. The Morgan fingerprint density at radius 1 is 1.45 bits per heavy atom. The Bertz CT molecular complexity index is 369. The molecule has 0 fully saturated rings. The Kier molecular flexibility index (Phi) is 1.29. The van der Waals surface area contributed by atoms with Gasteiger partial charge in [0.15, 0.2) is 5.65 Å². The molecule has 0 aliphatic heterocycles. The number of hydrogen-bond donors (Lipinski definition) is 1. The minimum absolute atomic E-state index is 0.0532. The lowest BCUT2D eigenvalue weighted by molar-refractivity contribution is 0.273. The van der Waals surface area contributed by atoms with E-state index in [9.17, 15) is 0 Å². The molecule has 0 amide bonds. The van der Waals surface area contributed by atoms with Gasteiger partial charge in [-0.05, 0) is 22.6 Å². The van der Waals surface area contributed by atoms with Crippen LogP contribution in [0.2, 0.25) is 0 Å². The Morgan fingerprint density at radius 3 is 3.18 bits per heavy atom. The molecule has 0 atom stereocenters. The van der Waals surface area contributed by atoms with E-state index in [1.54, 1.807) is 18.2 Å². The zero-order valence-corrected chi connectivity index (χ0v) is 5.68. The number of aromatic nitrogens is 4. The molecule has 2 aromatic heterocycles. The van der Waals surface area contributed by atoms with Crippen LogP contribution in [0.1, 0.15) is 5.69 Å². The van der Waals surface area contributed by atoms with Crippen molar-refractivity contribution < 1.29 is 5.11 Å². The van der Waals surface area contributed by atoms with Crippen LogP contribution in [-0.4, -0.2) is 25.1 Å². The van der Waals surface area contributed by atoms with Gasteiger partial charge in [-0.3, -0.25) is 0 Å². The van der Waals surface area contributed by atoms with Crippen LogP contribution in [0.5, 0.6) is 0 Å². The third-order valence-corrected chi connectivity index (χ3v) is 1.46. The van der Waals surface area contributed by atoms with Crippen molar-refractivity contribution in [1.82, 2.24) is 20.0 Å². The molecule has 0 saturated carbocycles. The van der Waals surface area contributed by atoms with Crippen molar-refractivity contribution in [1.29, 1.82) is 0 Å². The lowest BCUT2D eigenvalue weighted by Gasteiger charge is -1.95. The standard InChI is InChI=1S/C6H6N4O/c11-4-5-2-1-3-6-7-8-9-10(5)6/h1-3,11H,4H2. The molecule has 5 heteroatoms. The van der Waals surface area contributed by atoms with Gasteiger partial charge >= 0.3 is 0 Å². The van der Waals surface area contributed by atoms with Gasteiger partial charge in [-0.2, -0.15) is 4.52 Å². The first-order chi connectivity index (χ1) is 5.42. The highest BCUT2D eigenvalue weighted by Crippen LogP contribution is 2.01. The molecule has 0 radical (unpaired) electrons. The zero-order valence-electron chi connectivity index (χ0n) is 5.68. The summed E-state index contributed by atoms with van der Waals surface area (Å²) in [5.74, 6) is 0. The first-order valence-corrected chi connectivity index (χ1v) is 3.18. The van der Waals surface area contributed by atoms with E-state index in [-0.39, 0.29) is 6.61 Å². The predicted octanol–water partition coefficient (Wildman–Crippen LogP) is -0.383. The van der Waals surface area contributed by atoms with Gasteiger partial charge in [0.25, 0.3) is 0 Å². The van der Waals surface area contributed by atoms with E-state index in [0.717, 1.165) is 0 Å². The highest BCUT2D eigenvalue weighted by atomic mass is 16.3. The van der Waals surface area contributed by atoms with Gasteiger partial charge in [0.05, 0.1) is 12.3 Å². The van der Waals surface area contributed by atoms with Crippen LogP contribution >= 0.6 is 0 Å². The van der Waals surface area contributed by atoms with E-state index in [0.29, 0.717) is 11.3 Å². The van der Waals surface area contributed by atoms with Gasteiger partial charge in [0, 0.05) is 0 Å². The van der Waals surface area contributed by atoms with Crippen LogP contribution in [0.3, 0.4) is 0 Å². The molecule has 0 saturated heterocycles. The van der Waals surface area contributed by atoms with Crippen molar-refractivity contribution in [3.8, 4) is 0 Å². The second kappa shape index (κ2) is 2.28. The van der Waals surface area contributed by atoms with Crippen molar-refractivity contribution in [2.24, 2.45) is 0 Å². The minimum atomic E-state index is -0.0532. The highest BCUT2D eigenvalue weighted by Gasteiger charge is 1.99. The predicted molar refractivity (Wildman–Crippen MR) is 36.7 cm³/mol. The van der Waals surface area contributed by atoms with Crippen molar-refractivity contribution in [3.05, 3.63) is 23.9 Å². The number of aliphatic hydroxyl groups excluding tert-OH is 1. The van der Waals surface area contributed by atoms with Crippen molar-refractivity contribution in [3.63, 3.8) is 0 Å². The molecule has 0 spiro atoms. The van der Waals surface area contributed by atoms with Crippen molar-refractivity contribution in [2.45, 2.75) is 6.61 Å². The van der Waals surface area contributed by atoms with Gasteiger partial charge in [0.1, 0.15) is 0 Å². The van der Waals surface area contributed by atoms with Crippen molar-refractivity contribution >= 4 is 5.65 Å². The maximum atomic E-state index is 8.84. The summed E-state index contributed by atoms with van der Waals surface area (Å²) in [6.07, 6.45) is 0. The Hall–Kier alpha value is -1.49. The third-order valence-electron chi connectivity index (χ3n) is 1.46. The van der Waals surface area contributed by atoms with Crippen LogP contribution in [0.25, 0.3) is 5.65 Å². The molecule has 5 nitrogen and oxygen atoms in total. The monoisotopic (exact) mass is 150 g/mol. The summed E-state index contributed by atoms with van der Waals surface area (Å²) in [5.41, 5.74) is 1.34. The molecule has 0 aromatic carbocycles. The number of aliphatic hydroxyl groups is 1. The lowest BCUT2D eigenvalue weighted by Crippen LogP contribution is -1.97. The average Bonchev–Trinajstić information content (AvgIpc) is 2.50. The molecule has 2 heterocycles. The summed E-state index contributed by atoms with van der Waals surface area (Å²) in [4.78, 5) is 0. The van der Waals surface area contributed by atoms with Crippen LogP contribution in [0, 0.1) is 0 Å². The quantitative estimate of drug-likeness (QED) is 0.601. The largest absolute Gasteiger partial charge is 0.390 e. The maximum absolute atomic E-state index is 8.84. The summed E-state index contributed by atoms with van der Waals surface area (Å²) in [5, 5.41) is 19.7. The SMILES string of the molecule is OCc1cccc2nnnn12. The highest BCUT2D eigenvalue weighted by molar-refractivity contribution is 5.35. The second-order valence-electron chi connectivity index (χ2n) is 2.12. The maximum Gasteiger partial charge on any atom is 0.179 e. The summed E-state index contributed by atoms with van der Waals surface area (Å²) in [7, 11) is 0. The van der Waals surface area contributed by atoms with Gasteiger partial charge in [-0.15, -0.1) is 5.10 Å². The Morgan fingerprint density at radius 2 is 2.36 bits per heavy atom. The van der Waals surface area contributed by atoms with Gasteiger partial charge in [-0.25, -0.2) is 0 Å². The summed E-state index contributed by atoms with van der Waals surface area (Å²) in [6, 6.07) is 5.35. The normalized spacial score (nSPS) is 10.6. The number of hydrogen-bond acceptors (Lipinski definition) is 4. The fraction of sp³-hybridized carbons (Fsp3) is 0.167. The molecule has 2 rings (SSSR count). The van der Waals surface area contributed by atoms with Crippen molar-refractivity contribution in [2.75, 3.05) is 0 Å². The van der Waals surface area contributed by atoms with E-state index in [4.69, 9.17) is 5.11 Å². The molecule has 0 aliphatic carbocycles.